The second-order valence-electron chi connectivity index (χ2n) is 4.01. The Labute approximate surface area is 120 Å². The Kier molecular flexibility index (Phi) is 9.75. The maximum atomic E-state index is 3.85. The molecule has 0 aliphatic carbocycles. The molecule has 1 radical (unpaired) electrons. The summed E-state index contributed by atoms with van der Waals surface area (Å²) in [5, 5.41) is 0. The first-order chi connectivity index (χ1) is 6.83. The van der Waals surface area contributed by atoms with Crippen LogP contribution in [-0.4, -0.2) is 0 Å². The molecule has 1 aromatic carbocycles. The molecule has 0 aromatic heterocycles. The van der Waals surface area contributed by atoms with Crippen LogP contribution >= 0.6 is 0 Å². The summed E-state index contributed by atoms with van der Waals surface area (Å²) in [7, 11) is 0. The van der Waals surface area contributed by atoms with Crippen molar-refractivity contribution >= 4 is 0 Å². The van der Waals surface area contributed by atoms with Crippen molar-refractivity contribution in [3.8, 4) is 0 Å². The maximum absolute atomic E-state index is 3.85. The molecular weight excluding hydrogens is 257 g/mol. The quantitative estimate of drug-likeness (QED) is 0.537. The van der Waals surface area contributed by atoms with Crippen LogP contribution in [0.4, 0.5) is 0 Å². The minimum Gasteiger partial charge on any atom is -0.343 e. The topological polar surface area (TPSA) is 0 Å². The molecule has 0 atom stereocenters. The average Bonchev–Trinajstić information content (AvgIpc) is 2.18. The van der Waals surface area contributed by atoms with E-state index in [0.717, 1.165) is 6.42 Å². The predicted octanol–water partition coefficient (Wildman–Crippen LogP) is 4.32. The molecule has 0 N–H and O–H groups in total. The Morgan fingerprint density at radius 1 is 1.07 bits per heavy atom. The third-order valence-electron chi connectivity index (χ3n) is 2.55. The monoisotopic (exact) mass is 278 g/mol. The van der Waals surface area contributed by atoms with Crippen molar-refractivity contribution < 1.29 is 32.7 Å². The fraction of sp³-hybridized carbons (Fsp3) is 0.500. The Balaban J connectivity index is 0.00000196. The van der Waals surface area contributed by atoms with E-state index in [1.54, 1.807) is 0 Å². The van der Waals surface area contributed by atoms with Crippen molar-refractivity contribution in [2.75, 3.05) is 0 Å². The van der Waals surface area contributed by atoms with Crippen molar-refractivity contribution in [1.82, 2.24) is 0 Å². The van der Waals surface area contributed by atoms with Gasteiger partial charge >= 0.3 is 0 Å². The van der Waals surface area contributed by atoms with E-state index in [9.17, 15) is 0 Å². The van der Waals surface area contributed by atoms with E-state index in [-0.39, 0.29) is 32.7 Å². The summed E-state index contributed by atoms with van der Waals surface area (Å²) >= 11 is 0. The summed E-state index contributed by atoms with van der Waals surface area (Å²) in [5.74, 6) is 0. The molecule has 1 aromatic rings. The van der Waals surface area contributed by atoms with Gasteiger partial charge in [0.2, 0.25) is 0 Å². The summed E-state index contributed by atoms with van der Waals surface area (Å²) in [6, 6.07) is 8.84. The molecule has 1 heteroatoms. The van der Waals surface area contributed by atoms with Crippen LogP contribution in [0.1, 0.15) is 43.2 Å². The number of hydrogen-bond donors (Lipinski definition) is 0. The standard InChI is InChI=1S/C14H21.Y/c1-3-4-5-6-7-10-14-11-8-9-13(2)12-14;/h8-9,11-12H,1,3-7,10H2,2H3;/q-1;. The van der Waals surface area contributed by atoms with Gasteiger partial charge in [-0.15, -0.1) is 0 Å². The molecule has 0 nitrogen and oxygen atoms in total. The number of aryl methyl sites for hydroxylation is 2. The molecule has 0 bridgehead atoms. The summed E-state index contributed by atoms with van der Waals surface area (Å²) in [4.78, 5) is 0. The fourth-order valence-electron chi connectivity index (χ4n) is 1.73. The van der Waals surface area contributed by atoms with Gasteiger partial charge in [0.05, 0.1) is 0 Å². The van der Waals surface area contributed by atoms with Gasteiger partial charge in [-0.2, -0.15) is 6.42 Å². The first-order valence-corrected chi connectivity index (χ1v) is 5.67. The van der Waals surface area contributed by atoms with Gasteiger partial charge in [0.15, 0.2) is 0 Å². The van der Waals surface area contributed by atoms with E-state index in [1.165, 1.54) is 43.2 Å². The van der Waals surface area contributed by atoms with Crippen LogP contribution in [0.3, 0.4) is 0 Å². The van der Waals surface area contributed by atoms with E-state index >= 15 is 0 Å². The Hall–Kier alpha value is 0.324. The van der Waals surface area contributed by atoms with Gasteiger partial charge in [0.1, 0.15) is 0 Å². The predicted molar refractivity (Wildman–Crippen MR) is 63.3 cm³/mol. The summed E-state index contributed by atoms with van der Waals surface area (Å²) < 4.78 is 0. The van der Waals surface area contributed by atoms with Crippen LogP contribution < -0.4 is 0 Å². The SMILES string of the molecule is [CH2-]CCCCCCc1cccc(C)c1.[Y]. The third-order valence-corrected chi connectivity index (χ3v) is 2.55. The van der Waals surface area contributed by atoms with Gasteiger partial charge in [0.25, 0.3) is 0 Å². The van der Waals surface area contributed by atoms with Gasteiger partial charge in [-0.3, -0.25) is 0 Å². The third kappa shape index (κ3) is 7.25. The van der Waals surface area contributed by atoms with E-state index in [1.807, 2.05) is 0 Å². The van der Waals surface area contributed by atoms with Crippen molar-refractivity contribution in [3.63, 3.8) is 0 Å². The first-order valence-electron chi connectivity index (χ1n) is 5.67. The van der Waals surface area contributed by atoms with Crippen LogP contribution in [-0.2, 0) is 39.1 Å². The van der Waals surface area contributed by atoms with Crippen molar-refractivity contribution in [2.45, 2.75) is 45.4 Å². The normalized spacial score (nSPS) is 9.73. The zero-order chi connectivity index (χ0) is 10.2. The molecule has 0 aliphatic rings. The molecule has 15 heavy (non-hydrogen) atoms. The second-order valence-corrected chi connectivity index (χ2v) is 4.01. The molecule has 0 spiro atoms. The van der Waals surface area contributed by atoms with Gasteiger partial charge in [-0.1, -0.05) is 49.1 Å². The van der Waals surface area contributed by atoms with Gasteiger partial charge < -0.3 is 6.92 Å². The fourth-order valence-corrected chi connectivity index (χ4v) is 1.73. The minimum absolute atomic E-state index is 0. The average molecular weight is 278 g/mol. The van der Waals surface area contributed by atoms with Crippen LogP contribution in [0.5, 0.6) is 0 Å². The van der Waals surface area contributed by atoms with Crippen LogP contribution in [0.15, 0.2) is 24.3 Å². The van der Waals surface area contributed by atoms with E-state index < -0.39 is 0 Å². The number of benzene rings is 1. The zero-order valence-corrected chi connectivity index (χ0v) is 12.7. The molecule has 1 rings (SSSR count). The Morgan fingerprint density at radius 3 is 2.47 bits per heavy atom. The summed E-state index contributed by atoms with van der Waals surface area (Å²) in [6.45, 7) is 6.01. The van der Waals surface area contributed by atoms with Gasteiger partial charge in [-0.05, 0) is 25.3 Å². The summed E-state index contributed by atoms with van der Waals surface area (Å²) in [6.07, 6.45) is 7.62. The number of hydrogen-bond acceptors (Lipinski definition) is 0. The molecule has 0 heterocycles. The molecule has 0 aliphatic heterocycles. The molecule has 0 unspecified atom stereocenters. The number of unbranched alkanes of at least 4 members (excludes halogenated alkanes) is 4. The van der Waals surface area contributed by atoms with E-state index in [4.69, 9.17) is 0 Å². The minimum atomic E-state index is 0. The summed E-state index contributed by atoms with van der Waals surface area (Å²) in [5.41, 5.74) is 2.86. The van der Waals surface area contributed by atoms with Crippen LogP contribution in [0.2, 0.25) is 0 Å². The van der Waals surface area contributed by atoms with E-state index in [2.05, 4.69) is 38.1 Å². The van der Waals surface area contributed by atoms with E-state index in [0.29, 0.717) is 0 Å². The molecule has 0 fully saturated rings. The van der Waals surface area contributed by atoms with Crippen LogP contribution in [0.25, 0.3) is 0 Å². The maximum Gasteiger partial charge on any atom is 0 e. The Bertz CT molecular complexity index is 255. The Morgan fingerprint density at radius 2 is 1.80 bits per heavy atom. The zero-order valence-electron chi connectivity index (χ0n) is 9.84. The van der Waals surface area contributed by atoms with Crippen LogP contribution in [0, 0.1) is 13.8 Å². The van der Waals surface area contributed by atoms with Crippen molar-refractivity contribution in [2.24, 2.45) is 0 Å². The first kappa shape index (κ1) is 15.3. The van der Waals surface area contributed by atoms with Crippen molar-refractivity contribution in [3.05, 3.63) is 42.3 Å². The second kappa shape index (κ2) is 9.54. The smallest absolute Gasteiger partial charge is 0 e. The number of rotatable bonds is 6. The largest absolute Gasteiger partial charge is 0.343 e. The molecule has 0 saturated carbocycles. The molecule has 0 saturated heterocycles. The molecule has 0 amide bonds. The molecule has 81 valence electrons. The molecular formula is C14H21Y-. The van der Waals surface area contributed by atoms with Gasteiger partial charge in [0, 0.05) is 32.7 Å². The van der Waals surface area contributed by atoms with Crippen molar-refractivity contribution in [1.29, 1.82) is 0 Å². The van der Waals surface area contributed by atoms with Gasteiger partial charge in [-0.25, -0.2) is 0 Å².